The van der Waals surface area contributed by atoms with Gasteiger partial charge in [0, 0.05) is 0 Å². The van der Waals surface area contributed by atoms with Gasteiger partial charge in [-0.3, -0.25) is 0 Å². The Bertz CT molecular complexity index is 1370. The molecule has 37 heavy (non-hydrogen) atoms. The van der Waals surface area contributed by atoms with Crippen molar-refractivity contribution in [3.8, 4) is 0 Å². The van der Waals surface area contributed by atoms with Gasteiger partial charge < -0.3 is 0 Å². The molecule has 0 aromatic heterocycles. The van der Waals surface area contributed by atoms with Gasteiger partial charge in [-0.15, -0.1) is 0 Å². The minimum absolute atomic E-state index is 0.413. The Morgan fingerprint density at radius 3 is 1.51 bits per heavy atom. The summed E-state index contributed by atoms with van der Waals surface area (Å²) in [6.45, 7) is 9.10. The number of benzene rings is 5. The molecule has 0 nitrogen and oxygen atoms in total. The summed E-state index contributed by atoms with van der Waals surface area (Å²) in [7, 11) is 0. The summed E-state index contributed by atoms with van der Waals surface area (Å²) in [6, 6.07) is 47.2. The summed E-state index contributed by atoms with van der Waals surface area (Å²) in [5.74, 6) is 0.413. The van der Waals surface area contributed by atoms with E-state index in [1.807, 2.05) is 0 Å². The molecule has 0 fully saturated rings. The van der Waals surface area contributed by atoms with E-state index in [1.165, 1.54) is 49.7 Å². The molecule has 0 saturated carbocycles. The molecule has 0 bridgehead atoms. The Morgan fingerprint density at radius 2 is 1.00 bits per heavy atom. The van der Waals surface area contributed by atoms with Crippen molar-refractivity contribution in [2.24, 2.45) is 0 Å². The maximum absolute atomic E-state index is 2.48. The van der Waals surface area contributed by atoms with Crippen LogP contribution in [0.4, 0.5) is 0 Å². The van der Waals surface area contributed by atoms with E-state index in [0.717, 1.165) is 6.42 Å². The van der Waals surface area contributed by atoms with Crippen molar-refractivity contribution in [1.29, 1.82) is 0 Å². The van der Waals surface area contributed by atoms with E-state index in [1.54, 1.807) is 0 Å². The van der Waals surface area contributed by atoms with E-state index in [4.69, 9.17) is 0 Å². The molecule has 0 unspecified atom stereocenters. The number of hydrogen-bond donors (Lipinski definition) is 0. The van der Waals surface area contributed by atoms with Crippen LogP contribution in [0.2, 0.25) is 0 Å². The highest BCUT2D eigenvalue weighted by Crippen LogP contribution is 2.25. The van der Waals surface area contributed by atoms with Crippen molar-refractivity contribution in [3.63, 3.8) is 0 Å². The van der Waals surface area contributed by atoms with Gasteiger partial charge in [0.15, 0.2) is 0 Å². The van der Waals surface area contributed by atoms with E-state index in [0.29, 0.717) is 5.92 Å². The van der Waals surface area contributed by atoms with Crippen LogP contribution in [0.5, 0.6) is 0 Å². The number of aryl methyl sites for hydroxylation is 1. The summed E-state index contributed by atoms with van der Waals surface area (Å²) in [6.07, 6.45) is -0.307. The molecule has 5 rings (SSSR count). The zero-order chi connectivity index (χ0) is 25.8. The summed E-state index contributed by atoms with van der Waals surface area (Å²) in [5, 5.41) is 0. The quantitative estimate of drug-likeness (QED) is 0.239. The number of rotatable bonds is 7. The van der Waals surface area contributed by atoms with E-state index in [9.17, 15) is 0 Å². The van der Waals surface area contributed by atoms with Gasteiger partial charge in [0.1, 0.15) is 6.15 Å². The van der Waals surface area contributed by atoms with Crippen LogP contribution in [-0.4, -0.2) is 6.15 Å². The van der Waals surface area contributed by atoms with Gasteiger partial charge in [0.2, 0.25) is 0 Å². The Balaban J connectivity index is 1.68. The largest absolute Gasteiger partial charge is 0.195 e. The van der Waals surface area contributed by atoms with Crippen LogP contribution in [-0.2, 0) is 6.42 Å². The van der Waals surface area contributed by atoms with Crippen LogP contribution in [0.1, 0.15) is 40.7 Å². The normalized spacial score (nSPS) is 12.3. The lowest BCUT2D eigenvalue weighted by Crippen LogP contribution is -2.74. The van der Waals surface area contributed by atoms with Gasteiger partial charge in [0.25, 0.3) is 0 Å². The van der Waals surface area contributed by atoms with Gasteiger partial charge in [-0.1, -0.05) is 134 Å². The lowest BCUT2D eigenvalue weighted by atomic mass is 9.13. The van der Waals surface area contributed by atoms with Crippen molar-refractivity contribution in [2.45, 2.75) is 40.0 Å². The van der Waals surface area contributed by atoms with Gasteiger partial charge in [-0.25, -0.2) is 0 Å². The Morgan fingerprint density at radius 1 is 0.514 bits per heavy atom. The second-order valence-electron chi connectivity index (χ2n) is 10.7. The number of hydrogen-bond acceptors (Lipinski definition) is 0. The Labute approximate surface area is 223 Å². The van der Waals surface area contributed by atoms with E-state index in [-0.39, 0.29) is 0 Å². The molecule has 1 heteroatoms. The van der Waals surface area contributed by atoms with Gasteiger partial charge in [-0.05, 0) is 60.9 Å². The highest BCUT2D eigenvalue weighted by molar-refractivity contribution is 7.19. The van der Waals surface area contributed by atoms with Crippen LogP contribution in [0.3, 0.4) is 0 Å². The average Bonchev–Trinajstić information content (AvgIpc) is 2.96. The minimum atomic E-state index is -1.35. The zero-order valence-electron chi connectivity index (χ0n) is 22.5. The molecule has 5 aromatic carbocycles. The van der Waals surface area contributed by atoms with Crippen LogP contribution < -0.4 is 21.9 Å². The smallest absolute Gasteiger partial charge is 0.108 e. The van der Waals surface area contributed by atoms with E-state index in [2.05, 4.69) is 155 Å². The first-order valence-electron chi connectivity index (χ1n) is 13.5. The molecule has 0 aliphatic carbocycles. The summed E-state index contributed by atoms with van der Waals surface area (Å²) >= 11 is 0. The predicted molar refractivity (Wildman–Crippen MR) is 163 cm³/mol. The van der Waals surface area contributed by atoms with Crippen molar-refractivity contribution in [3.05, 3.63) is 155 Å². The Hall–Kier alpha value is -3.84. The third-order valence-electron chi connectivity index (χ3n) is 8.57. The van der Waals surface area contributed by atoms with Gasteiger partial charge in [0.05, 0.1) is 0 Å². The molecule has 0 spiro atoms. The first kappa shape index (κ1) is 24.8. The average molecular weight is 479 g/mol. The monoisotopic (exact) mass is 479 g/mol. The van der Waals surface area contributed by atoms with Crippen LogP contribution >= 0.6 is 0 Å². The standard InChI is InChI=1S/C36H36B/c1-27-23-24-32(30(4)29(27)3)25-28(2)31-15-14-22-36(26-31)37(33-16-8-5-9-17-33,34-18-10-6-11-19-34)35-20-12-7-13-21-35/h5-24,26,28H,25H2,1-4H3/q-1/t28-/m0/s1. The molecule has 0 amide bonds. The zero-order valence-corrected chi connectivity index (χ0v) is 22.5. The van der Waals surface area contributed by atoms with Crippen LogP contribution in [0, 0.1) is 20.8 Å². The third kappa shape index (κ3) is 4.67. The van der Waals surface area contributed by atoms with Crippen molar-refractivity contribution in [1.82, 2.24) is 0 Å². The lowest BCUT2D eigenvalue weighted by molar-refractivity contribution is 0.755. The molecule has 0 saturated heterocycles. The van der Waals surface area contributed by atoms with Crippen LogP contribution in [0.25, 0.3) is 0 Å². The lowest BCUT2D eigenvalue weighted by Gasteiger charge is -2.44. The molecular weight excluding hydrogens is 443 g/mol. The minimum Gasteiger partial charge on any atom is -0.195 e. The molecule has 0 heterocycles. The summed E-state index contributed by atoms with van der Waals surface area (Å²) in [4.78, 5) is 0. The predicted octanol–water partition coefficient (Wildman–Crippen LogP) is 6.34. The van der Waals surface area contributed by atoms with Crippen LogP contribution in [0.15, 0.2) is 127 Å². The van der Waals surface area contributed by atoms with Crippen molar-refractivity contribution in [2.75, 3.05) is 0 Å². The second kappa shape index (κ2) is 10.6. The molecule has 0 radical (unpaired) electrons. The first-order valence-corrected chi connectivity index (χ1v) is 13.5. The summed E-state index contributed by atoms with van der Waals surface area (Å²) in [5.41, 5.74) is 12.5. The SMILES string of the molecule is Cc1ccc(C[C@H](C)c2cccc([B-](c3ccccc3)(c3ccccc3)c3ccccc3)c2)c(C)c1C. The van der Waals surface area contributed by atoms with E-state index < -0.39 is 6.15 Å². The van der Waals surface area contributed by atoms with E-state index >= 15 is 0 Å². The molecule has 0 aliphatic rings. The maximum Gasteiger partial charge on any atom is 0.108 e. The topological polar surface area (TPSA) is 0 Å². The molecule has 0 N–H and O–H groups in total. The fraction of sp³-hybridized carbons (Fsp3) is 0.167. The molecule has 1 atom stereocenters. The molecule has 5 aromatic rings. The van der Waals surface area contributed by atoms with Crippen molar-refractivity contribution >= 4 is 28.0 Å². The molecular formula is C36H36B-. The summed E-state index contributed by atoms with van der Waals surface area (Å²) < 4.78 is 0. The fourth-order valence-electron chi connectivity index (χ4n) is 6.20. The molecule has 184 valence electrons. The fourth-order valence-corrected chi connectivity index (χ4v) is 6.20. The second-order valence-corrected chi connectivity index (χ2v) is 10.7. The maximum atomic E-state index is 2.48. The highest BCUT2D eigenvalue weighted by Gasteiger charge is 2.31. The van der Waals surface area contributed by atoms with Gasteiger partial charge >= 0.3 is 0 Å². The first-order chi connectivity index (χ1) is 18.0. The highest BCUT2D eigenvalue weighted by atomic mass is 14.2. The van der Waals surface area contributed by atoms with Crippen molar-refractivity contribution < 1.29 is 0 Å². The van der Waals surface area contributed by atoms with Gasteiger partial charge in [-0.2, -0.15) is 21.9 Å². The molecule has 0 aliphatic heterocycles. The third-order valence-corrected chi connectivity index (χ3v) is 8.57. The Kier molecular flexibility index (Phi) is 7.15.